The summed E-state index contributed by atoms with van der Waals surface area (Å²) >= 11 is 0. The first-order chi connectivity index (χ1) is 9.32. The van der Waals surface area contributed by atoms with Crippen molar-refractivity contribution >= 4 is 11.9 Å². The molecule has 1 atom stereocenters. The highest BCUT2D eigenvalue weighted by atomic mass is 16.5. The van der Waals surface area contributed by atoms with Crippen molar-refractivity contribution in [2.45, 2.75) is 46.1 Å². The third-order valence-electron chi connectivity index (χ3n) is 3.61. The second-order valence-corrected chi connectivity index (χ2v) is 5.33. The van der Waals surface area contributed by atoms with Crippen molar-refractivity contribution in [3.63, 3.8) is 0 Å². The van der Waals surface area contributed by atoms with Crippen molar-refractivity contribution in [1.82, 2.24) is 5.32 Å². The van der Waals surface area contributed by atoms with E-state index in [1.54, 1.807) is 6.92 Å². The molecule has 0 aliphatic heterocycles. The van der Waals surface area contributed by atoms with E-state index in [2.05, 4.69) is 5.32 Å². The minimum atomic E-state index is -0.968. The Bertz CT molecular complexity index is 510. The Morgan fingerprint density at radius 1 is 1.30 bits per heavy atom. The van der Waals surface area contributed by atoms with Crippen LogP contribution in [0.4, 0.5) is 0 Å². The highest BCUT2D eigenvalue weighted by Crippen LogP contribution is 2.14. The maximum absolute atomic E-state index is 12.1. The Hall–Kier alpha value is -1.84. The van der Waals surface area contributed by atoms with Gasteiger partial charge in [-0.25, -0.2) is 4.79 Å². The van der Waals surface area contributed by atoms with Gasteiger partial charge in [0.05, 0.1) is 13.5 Å². The van der Waals surface area contributed by atoms with Crippen LogP contribution >= 0.6 is 0 Å². The van der Waals surface area contributed by atoms with Crippen LogP contribution in [0.5, 0.6) is 0 Å². The minimum Gasteiger partial charge on any atom is -0.467 e. The van der Waals surface area contributed by atoms with Crippen molar-refractivity contribution in [2.24, 2.45) is 0 Å². The number of hydrogen-bond donors (Lipinski definition) is 1. The van der Waals surface area contributed by atoms with Crippen molar-refractivity contribution in [3.8, 4) is 0 Å². The van der Waals surface area contributed by atoms with Crippen LogP contribution in [0.25, 0.3) is 0 Å². The van der Waals surface area contributed by atoms with E-state index in [1.165, 1.54) is 12.7 Å². The average Bonchev–Trinajstić information content (AvgIpc) is 2.40. The molecule has 1 rings (SSSR count). The molecule has 0 saturated heterocycles. The van der Waals surface area contributed by atoms with E-state index in [0.717, 1.165) is 11.1 Å². The fourth-order valence-corrected chi connectivity index (χ4v) is 2.08. The van der Waals surface area contributed by atoms with E-state index in [9.17, 15) is 9.59 Å². The zero-order valence-electron chi connectivity index (χ0n) is 12.9. The zero-order chi connectivity index (χ0) is 15.3. The molecule has 1 N–H and O–H groups in total. The molecule has 1 aromatic carbocycles. The van der Waals surface area contributed by atoms with E-state index >= 15 is 0 Å². The molecule has 20 heavy (non-hydrogen) atoms. The number of hydrogen-bond acceptors (Lipinski definition) is 3. The number of esters is 1. The Kier molecular flexibility index (Phi) is 5.31. The van der Waals surface area contributed by atoms with Crippen molar-refractivity contribution in [3.05, 3.63) is 34.9 Å². The maximum atomic E-state index is 12.1. The monoisotopic (exact) mass is 277 g/mol. The first-order valence-electron chi connectivity index (χ1n) is 6.78. The van der Waals surface area contributed by atoms with Crippen LogP contribution < -0.4 is 5.32 Å². The largest absolute Gasteiger partial charge is 0.467 e. The van der Waals surface area contributed by atoms with Crippen LogP contribution in [0, 0.1) is 13.8 Å². The lowest BCUT2D eigenvalue weighted by Crippen LogP contribution is -2.52. The SMILES string of the molecule is CCC(C)(NC(=O)Cc1ccc(C)cc1C)C(=O)OC. The predicted octanol–water partition coefficient (Wildman–Crippen LogP) is 2.30. The number of ether oxygens (including phenoxy) is 1. The van der Waals surface area contributed by atoms with Crippen LogP contribution in [0.1, 0.15) is 37.0 Å². The molecule has 0 aliphatic rings. The van der Waals surface area contributed by atoms with Gasteiger partial charge in [0, 0.05) is 0 Å². The molecule has 1 unspecified atom stereocenters. The minimum absolute atomic E-state index is 0.174. The van der Waals surface area contributed by atoms with Crippen LogP contribution in [-0.4, -0.2) is 24.5 Å². The standard InChI is InChI=1S/C16H23NO3/c1-6-16(4,15(19)20-5)17-14(18)10-13-8-7-11(2)9-12(13)3/h7-9H,6,10H2,1-5H3,(H,17,18). The quantitative estimate of drug-likeness (QED) is 0.840. The summed E-state index contributed by atoms with van der Waals surface area (Å²) in [5.74, 6) is -0.597. The molecule has 0 spiro atoms. The molecule has 4 heteroatoms. The summed E-state index contributed by atoms with van der Waals surface area (Å²) < 4.78 is 4.74. The van der Waals surface area contributed by atoms with Crippen LogP contribution in [0.2, 0.25) is 0 Å². The second kappa shape index (κ2) is 6.55. The Labute approximate surface area is 120 Å². The number of carbonyl (C=O) groups is 2. The first kappa shape index (κ1) is 16.2. The third-order valence-corrected chi connectivity index (χ3v) is 3.61. The summed E-state index contributed by atoms with van der Waals surface area (Å²) in [7, 11) is 1.33. The highest BCUT2D eigenvalue weighted by molar-refractivity contribution is 5.88. The predicted molar refractivity (Wildman–Crippen MR) is 78.5 cm³/mol. The lowest BCUT2D eigenvalue weighted by molar-refractivity contribution is -0.150. The molecule has 0 bridgehead atoms. The number of aryl methyl sites for hydroxylation is 2. The number of methoxy groups -OCH3 is 1. The highest BCUT2D eigenvalue weighted by Gasteiger charge is 2.33. The number of rotatable bonds is 5. The topological polar surface area (TPSA) is 55.4 Å². The van der Waals surface area contributed by atoms with Gasteiger partial charge in [-0.2, -0.15) is 0 Å². The molecule has 0 heterocycles. The summed E-state index contributed by atoms with van der Waals surface area (Å²) in [6.45, 7) is 7.52. The molecule has 0 fully saturated rings. The van der Waals surface area contributed by atoms with Gasteiger partial charge in [-0.15, -0.1) is 0 Å². The molecule has 4 nitrogen and oxygen atoms in total. The molecule has 0 aliphatic carbocycles. The number of amides is 1. The molecule has 0 aromatic heterocycles. The van der Waals surface area contributed by atoms with Gasteiger partial charge in [0.2, 0.25) is 5.91 Å². The number of benzene rings is 1. The van der Waals surface area contributed by atoms with Crippen molar-refractivity contribution in [2.75, 3.05) is 7.11 Å². The lowest BCUT2D eigenvalue weighted by Gasteiger charge is -2.26. The maximum Gasteiger partial charge on any atom is 0.331 e. The van der Waals surface area contributed by atoms with Crippen LogP contribution in [0.15, 0.2) is 18.2 Å². The molecule has 110 valence electrons. The van der Waals surface area contributed by atoms with Crippen molar-refractivity contribution < 1.29 is 14.3 Å². The van der Waals surface area contributed by atoms with Crippen molar-refractivity contribution in [1.29, 1.82) is 0 Å². The van der Waals surface area contributed by atoms with E-state index in [1.807, 2.05) is 39.0 Å². The summed E-state index contributed by atoms with van der Waals surface area (Å²) in [6.07, 6.45) is 0.747. The molecular formula is C16H23NO3. The smallest absolute Gasteiger partial charge is 0.331 e. The number of carbonyl (C=O) groups excluding carboxylic acids is 2. The van der Waals surface area contributed by atoms with Gasteiger partial charge in [-0.1, -0.05) is 30.7 Å². The van der Waals surface area contributed by atoms with Gasteiger partial charge in [-0.05, 0) is 38.3 Å². The average molecular weight is 277 g/mol. The second-order valence-electron chi connectivity index (χ2n) is 5.33. The van der Waals surface area contributed by atoms with Gasteiger partial charge in [0.15, 0.2) is 0 Å². The molecule has 0 radical (unpaired) electrons. The molecule has 0 saturated carbocycles. The Balaban J connectivity index is 2.79. The Morgan fingerprint density at radius 3 is 2.45 bits per heavy atom. The lowest BCUT2D eigenvalue weighted by atomic mass is 9.97. The van der Waals surface area contributed by atoms with Crippen LogP contribution in [0.3, 0.4) is 0 Å². The third kappa shape index (κ3) is 3.83. The number of nitrogens with one attached hydrogen (secondary N) is 1. The normalized spacial score (nSPS) is 13.4. The van der Waals surface area contributed by atoms with Gasteiger partial charge >= 0.3 is 5.97 Å². The van der Waals surface area contributed by atoms with Gasteiger partial charge < -0.3 is 10.1 Å². The summed E-state index contributed by atoms with van der Waals surface area (Å²) in [5, 5.41) is 2.77. The molecular weight excluding hydrogens is 254 g/mol. The van der Waals surface area contributed by atoms with E-state index in [-0.39, 0.29) is 12.3 Å². The summed E-state index contributed by atoms with van der Waals surface area (Å²) in [6, 6.07) is 5.97. The van der Waals surface area contributed by atoms with E-state index in [0.29, 0.717) is 6.42 Å². The van der Waals surface area contributed by atoms with Gasteiger partial charge in [-0.3, -0.25) is 4.79 Å². The molecule has 1 amide bonds. The first-order valence-corrected chi connectivity index (χ1v) is 6.78. The zero-order valence-corrected chi connectivity index (χ0v) is 12.9. The van der Waals surface area contributed by atoms with E-state index in [4.69, 9.17) is 4.74 Å². The fourth-order valence-electron chi connectivity index (χ4n) is 2.08. The van der Waals surface area contributed by atoms with Gasteiger partial charge in [0.25, 0.3) is 0 Å². The fraction of sp³-hybridized carbons (Fsp3) is 0.500. The van der Waals surface area contributed by atoms with Crippen LogP contribution in [-0.2, 0) is 20.7 Å². The summed E-state index contributed by atoms with van der Waals surface area (Å²) in [5.41, 5.74) is 2.25. The summed E-state index contributed by atoms with van der Waals surface area (Å²) in [4.78, 5) is 23.9. The van der Waals surface area contributed by atoms with E-state index < -0.39 is 11.5 Å². The van der Waals surface area contributed by atoms with Gasteiger partial charge in [0.1, 0.15) is 5.54 Å². The molecule has 1 aromatic rings. The Morgan fingerprint density at radius 2 is 1.95 bits per heavy atom.